The number of halogens is 1. The van der Waals surface area contributed by atoms with Crippen LogP contribution in [0.25, 0.3) is 0 Å². The van der Waals surface area contributed by atoms with E-state index in [0.29, 0.717) is 29.3 Å². The van der Waals surface area contributed by atoms with E-state index in [4.69, 9.17) is 20.9 Å². The molecule has 2 aromatic rings. The van der Waals surface area contributed by atoms with Crippen molar-refractivity contribution in [3.05, 3.63) is 40.5 Å². The fraction of sp³-hybridized carbons (Fsp3) is 0.429. The van der Waals surface area contributed by atoms with Crippen LogP contribution in [0.5, 0.6) is 5.75 Å². The zero-order chi connectivity index (χ0) is 14.5. The van der Waals surface area contributed by atoms with Crippen LogP contribution in [-0.4, -0.2) is 16.2 Å². The van der Waals surface area contributed by atoms with E-state index < -0.39 is 0 Å². The van der Waals surface area contributed by atoms with E-state index in [-0.39, 0.29) is 6.61 Å². The Morgan fingerprint density at radius 1 is 1.40 bits per heavy atom. The smallest absolute Gasteiger partial charge is 0.264 e. The van der Waals surface area contributed by atoms with E-state index >= 15 is 0 Å². The fourth-order valence-corrected chi connectivity index (χ4v) is 1.92. The minimum Gasteiger partial charge on any atom is -0.483 e. The Morgan fingerprint density at radius 2 is 2.20 bits per heavy atom. The minimum absolute atomic E-state index is 0.232. The lowest BCUT2D eigenvalue weighted by Crippen LogP contribution is -2.22. The highest BCUT2D eigenvalue weighted by Gasteiger charge is 2.10. The van der Waals surface area contributed by atoms with Gasteiger partial charge in [0.15, 0.2) is 12.4 Å². The summed E-state index contributed by atoms with van der Waals surface area (Å²) in [6, 6.07) is 5.96. The second kappa shape index (κ2) is 6.72. The van der Waals surface area contributed by atoms with Gasteiger partial charge < -0.3 is 14.6 Å². The highest BCUT2D eigenvalue weighted by molar-refractivity contribution is 6.31. The van der Waals surface area contributed by atoms with E-state index in [1.807, 2.05) is 18.2 Å². The normalized spacial score (nSPS) is 11.1. The van der Waals surface area contributed by atoms with Crippen LogP contribution in [0.15, 0.2) is 22.7 Å². The van der Waals surface area contributed by atoms with Gasteiger partial charge in [0.1, 0.15) is 5.75 Å². The summed E-state index contributed by atoms with van der Waals surface area (Å²) in [6.45, 7) is 6.81. The highest BCUT2D eigenvalue weighted by atomic mass is 35.5. The van der Waals surface area contributed by atoms with Crippen LogP contribution < -0.4 is 10.1 Å². The van der Waals surface area contributed by atoms with Crippen molar-refractivity contribution in [1.82, 2.24) is 15.5 Å². The lowest BCUT2D eigenvalue weighted by atomic mass is 10.2. The Bertz CT molecular complexity index is 569. The summed E-state index contributed by atoms with van der Waals surface area (Å²) in [6.07, 6.45) is 0. The predicted octanol–water partition coefficient (Wildman–Crippen LogP) is 3.11. The van der Waals surface area contributed by atoms with Gasteiger partial charge in [-0.05, 0) is 19.1 Å². The molecule has 0 amide bonds. The van der Waals surface area contributed by atoms with Gasteiger partial charge in [-0.25, -0.2) is 0 Å². The van der Waals surface area contributed by atoms with Gasteiger partial charge in [-0.3, -0.25) is 0 Å². The molecule has 0 aliphatic heterocycles. The molecule has 0 spiro atoms. The predicted molar refractivity (Wildman–Crippen MR) is 76.8 cm³/mol. The largest absolute Gasteiger partial charge is 0.483 e. The molecule has 0 atom stereocenters. The van der Waals surface area contributed by atoms with Gasteiger partial charge in [-0.1, -0.05) is 36.7 Å². The summed E-state index contributed by atoms with van der Waals surface area (Å²) in [5, 5.41) is 7.73. The van der Waals surface area contributed by atoms with Crippen LogP contribution in [0, 0.1) is 6.92 Å². The lowest BCUT2D eigenvalue weighted by molar-refractivity contribution is 0.240. The van der Waals surface area contributed by atoms with Crippen LogP contribution in [0.4, 0.5) is 0 Å². The molecule has 1 aromatic carbocycles. The molecular formula is C14H18ClN3O2. The van der Waals surface area contributed by atoms with Crippen molar-refractivity contribution in [2.45, 2.75) is 40.0 Å². The van der Waals surface area contributed by atoms with Crippen molar-refractivity contribution in [3.63, 3.8) is 0 Å². The number of rotatable bonds is 6. The van der Waals surface area contributed by atoms with E-state index in [1.54, 1.807) is 6.92 Å². The standard InChI is InChI=1S/C14H18ClN3O2/c1-9(2)16-7-11-12(15)5-4-6-13(11)19-8-14-17-10(3)18-20-14/h4-6,9,16H,7-8H2,1-3H3. The molecule has 0 bridgehead atoms. The highest BCUT2D eigenvalue weighted by Crippen LogP contribution is 2.27. The first-order chi connectivity index (χ1) is 9.56. The maximum atomic E-state index is 6.23. The number of aromatic nitrogens is 2. The third kappa shape index (κ3) is 3.95. The van der Waals surface area contributed by atoms with Crippen molar-refractivity contribution >= 4 is 11.6 Å². The molecule has 0 aliphatic rings. The van der Waals surface area contributed by atoms with Gasteiger partial charge in [0.2, 0.25) is 0 Å². The molecule has 0 fully saturated rings. The monoisotopic (exact) mass is 295 g/mol. The van der Waals surface area contributed by atoms with Crippen LogP contribution in [0.2, 0.25) is 5.02 Å². The number of hydrogen-bond acceptors (Lipinski definition) is 5. The molecule has 1 heterocycles. The second-order valence-electron chi connectivity index (χ2n) is 4.78. The molecular weight excluding hydrogens is 278 g/mol. The molecule has 0 saturated heterocycles. The van der Waals surface area contributed by atoms with Gasteiger partial charge in [0.05, 0.1) is 0 Å². The molecule has 0 aliphatic carbocycles. The molecule has 5 nitrogen and oxygen atoms in total. The van der Waals surface area contributed by atoms with Gasteiger partial charge in [-0.15, -0.1) is 0 Å². The molecule has 0 unspecified atom stereocenters. The van der Waals surface area contributed by atoms with Crippen molar-refractivity contribution in [3.8, 4) is 5.75 Å². The maximum absolute atomic E-state index is 6.23. The van der Waals surface area contributed by atoms with Crippen LogP contribution in [-0.2, 0) is 13.2 Å². The summed E-state index contributed by atoms with van der Waals surface area (Å²) in [4.78, 5) is 4.10. The van der Waals surface area contributed by atoms with Crippen molar-refractivity contribution in [2.24, 2.45) is 0 Å². The minimum atomic E-state index is 0.232. The lowest BCUT2D eigenvalue weighted by Gasteiger charge is -2.14. The van der Waals surface area contributed by atoms with Crippen LogP contribution in [0.3, 0.4) is 0 Å². The Kier molecular flexibility index (Phi) is 4.98. The number of aryl methyl sites for hydroxylation is 1. The third-order valence-corrected chi connectivity index (χ3v) is 3.04. The second-order valence-corrected chi connectivity index (χ2v) is 5.18. The molecule has 20 heavy (non-hydrogen) atoms. The van der Waals surface area contributed by atoms with E-state index in [1.165, 1.54) is 0 Å². The number of ether oxygens (including phenoxy) is 1. The van der Waals surface area contributed by atoms with Crippen molar-refractivity contribution in [2.75, 3.05) is 0 Å². The quantitative estimate of drug-likeness (QED) is 0.887. The Hall–Kier alpha value is -1.59. The fourth-order valence-electron chi connectivity index (χ4n) is 1.69. The average Bonchev–Trinajstić information content (AvgIpc) is 2.81. The molecule has 108 valence electrons. The van der Waals surface area contributed by atoms with Gasteiger partial charge in [-0.2, -0.15) is 4.98 Å². The molecule has 0 saturated carbocycles. The molecule has 1 N–H and O–H groups in total. The topological polar surface area (TPSA) is 60.2 Å². The van der Waals surface area contributed by atoms with Gasteiger partial charge in [0.25, 0.3) is 5.89 Å². The zero-order valence-electron chi connectivity index (χ0n) is 11.8. The summed E-state index contributed by atoms with van der Waals surface area (Å²) < 4.78 is 10.7. The first-order valence-corrected chi connectivity index (χ1v) is 6.87. The first-order valence-electron chi connectivity index (χ1n) is 6.49. The van der Waals surface area contributed by atoms with Crippen molar-refractivity contribution in [1.29, 1.82) is 0 Å². The van der Waals surface area contributed by atoms with E-state index in [0.717, 1.165) is 11.3 Å². The van der Waals surface area contributed by atoms with Crippen molar-refractivity contribution < 1.29 is 9.26 Å². The number of nitrogens with one attached hydrogen (secondary N) is 1. The molecule has 6 heteroatoms. The summed E-state index contributed by atoms with van der Waals surface area (Å²) >= 11 is 6.23. The van der Waals surface area contributed by atoms with Crippen LogP contribution in [0.1, 0.15) is 31.1 Å². The summed E-state index contributed by atoms with van der Waals surface area (Å²) in [7, 11) is 0. The Morgan fingerprint density at radius 3 is 2.85 bits per heavy atom. The Labute approximate surface area is 123 Å². The maximum Gasteiger partial charge on any atom is 0.264 e. The first kappa shape index (κ1) is 14.8. The third-order valence-electron chi connectivity index (χ3n) is 2.68. The van der Waals surface area contributed by atoms with Gasteiger partial charge in [0, 0.05) is 23.2 Å². The summed E-state index contributed by atoms with van der Waals surface area (Å²) in [5.41, 5.74) is 0.930. The molecule has 2 rings (SSSR count). The number of hydrogen-bond donors (Lipinski definition) is 1. The van der Waals surface area contributed by atoms with Gasteiger partial charge >= 0.3 is 0 Å². The van der Waals surface area contributed by atoms with E-state index in [2.05, 4.69) is 29.3 Å². The zero-order valence-corrected chi connectivity index (χ0v) is 12.6. The summed E-state index contributed by atoms with van der Waals surface area (Å²) in [5.74, 6) is 1.77. The van der Waals surface area contributed by atoms with Crippen LogP contribution >= 0.6 is 11.6 Å². The Balaban J connectivity index is 2.08. The average molecular weight is 296 g/mol. The molecule has 0 radical (unpaired) electrons. The number of nitrogens with zero attached hydrogens (tertiary/aromatic N) is 2. The van der Waals surface area contributed by atoms with E-state index in [9.17, 15) is 0 Å². The number of benzene rings is 1. The SMILES string of the molecule is Cc1noc(COc2cccc(Cl)c2CNC(C)C)n1. The molecule has 1 aromatic heterocycles.